The maximum atomic E-state index is 12.9. The topological polar surface area (TPSA) is 87.7 Å². The molecule has 0 aliphatic carbocycles. The molecule has 1 heterocycles. The fraction of sp³-hybridized carbons (Fsp3) is 0.348. The van der Waals surface area contributed by atoms with Gasteiger partial charge in [0.05, 0.1) is 18.7 Å². The lowest BCUT2D eigenvalue weighted by Gasteiger charge is -2.34. The average molecular weight is 409 g/mol. The summed E-state index contributed by atoms with van der Waals surface area (Å²) in [7, 11) is 0. The summed E-state index contributed by atoms with van der Waals surface area (Å²) >= 11 is 0. The quantitative estimate of drug-likeness (QED) is 0.699. The molecule has 7 heteroatoms. The Bertz CT molecular complexity index is 885. The number of anilines is 1. The molecule has 2 N–H and O–H groups in total. The number of nitrogens with one attached hydrogen (secondary N) is 2. The average Bonchev–Trinajstić information content (AvgIpc) is 2.77. The smallest absolute Gasteiger partial charge is 0.262 e. The van der Waals surface area contributed by atoms with Crippen LogP contribution in [0.5, 0.6) is 5.75 Å². The van der Waals surface area contributed by atoms with Gasteiger partial charge in [-0.15, -0.1) is 0 Å². The summed E-state index contributed by atoms with van der Waals surface area (Å²) < 4.78 is 5.80. The number of nitrogens with zero attached hydrogens (tertiary/aromatic N) is 1. The van der Waals surface area contributed by atoms with Gasteiger partial charge < -0.3 is 20.3 Å². The van der Waals surface area contributed by atoms with Crippen LogP contribution in [0.2, 0.25) is 0 Å². The maximum absolute atomic E-state index is 12.9. The Morgan fingerprint density at radius 1 is 1.00 bits per heavy atom. The van der Waals surface area contributed by atoms with E-state index < -0.39 is 6.10 Å². The summed E-state index contributed by atoms with van der Waals surface area (Å²) in [6.45, 7) is 2.90. The Hall–Kier alpha value is -3.35. The van der Waals surface area contributed by atoms with Gasteiger partial charge >= 0.3 is 0 Å². The Morgan fingerprint density at radius 2 is 1.73 bits per heavy atom. The van der Waals surface area contributed by atoms with Gasteiger partial charge in [0.15, 0.2) is 6.10 Å². The first-order valence-corrected chi connectivity index (χ1v) is 10.2. The van der Waals surface area contributed by atoms with Crippen LogP contribution in [0.25, 0.3) is 0 Å². The lowest BCUT2D eigenvalue weighted by atomic mass is 10.1. The van der Waals surface area contributed by atoms with Crippen LogP contribution in [0.3, 0.4) is 0 Å². The fourth-order valence-corrected chi connectivity index (χ4v) is 3.26. The molecule has 0 saturated heterocycles. The number of amides is 3. The molecule has 3 rings (SSSR count). The van der Waals surface area contributed by atoms with E-state index in [2.05, 4.69) is 10.6 Å². The molecular weight excluding hydrogens is 382 g/mol. The Kier molecular flexibility index (Phi) is 7.43. The predicted octanol–water partition coefficient (Wildman–Crippen LogP) is 2.06. The second-order valence-corrected chi connectivity index (χ2v) is 7.13. The zero-order chi connectivity index (χ0) is 21.3. The first-order valence-electron chi connectivity index (χ1n) is 10.2. The molecule has 0 aromatic heterocycles. The van der Waals surface area contributed by atoms with Gasteiger partial charge in [0.2, 0.25) is 11.8 Å². The molecule has 1 aliphatic heterocycles. The van der Waals surface area contributed by atoms with Crippen molar-refractivity contribution in [3.63, 3.8) is 0 Å². The standard InChI is InChI=1S/C23H27N3O4/c1-2-13-25-23(29)20-16-26(18-10-6-7-11-19(18)30-20)22(28)12-14-24-21(27)15-17-8-4-3-5-9-17/h3-11,20H,2,12-16H2,1H3,(H,24,27)(H,25,29). The van der Waals surface area contributed by atoms with Gasteiger partial charge in [-0.05, 0) is 24.1 Å². The first kappa shape index (κ1) is 21.4. The van der Waals surface area contributed by atoms with Crippen molar-refractivity contribution < 1.29 is 19.1 Å². The largest absolute Gasteiger partial charge is 0.477 e. The number of hydrogen-bond donors (Lipinski definition) is 2. The number of ether oxygens (including phenoxy) is 1. The van der Waals surface area contributed by atoms with E-state index in [0.717, 1.165) is 12.0 Å². The summed E-state index contributed by atoms with van der Waals surface area (Å²) in [6.07, 6.45) is 0.469. The lowest BCUT2D eigenvalue weighted by molar-refractivity contribution is -0.128. The number of hydrogen-bond acceptors (Lipinski definition) is 4. The summed E-state index contributed by atoms with van der Waals surface area (Å²) in [5, 5.41) is 5.60. The van der Waals surface area contributed by atoms with Crippen LogP contribution in [0, 0.1) is 0 Å². The van der Waals surface area contributed by atoms with Crippen LogP contribution in [-0.4, -0.2) is 43.5 Å². The highest BCUT2D eigenvalue weighted by Gasteiger charge is 2.33. The van der Waals surface area contributed by atoms with Crippen molar-refractivity contribution in [2.75, 3.05) is 24.5 Å². The molecule has 0 spiro atoms. The zero-order valence-electron chi connectivity index (χ0n) is 17.1. The van der Waals surface area contributed by atoms with Crippen LogP contribution < -0.4 is 20.3 Å². The molecule has 2 aromatic rings. The predicted molar refractivity (Wildman–Crippen MR) is 114 cm³/mol. The van der Waals surface area contributed by atoms with Crippen molar-refractivity contribution in [3.8, 4) is 5.75 Å². The molecule has 0 radical (unpaired) electrons. The molecule has 3 amide bonds. The highest BCUT2D eigenvalue weighted by molar-refractivity contribution is 5.97. The minimum Gasteiger partial charge on any atom is -0.477 e. The van der Waals surface area contributed by atoms with Gasteiger partial charge in [0, 0.05) is 19.5 Å². The van der Waals surface area contributed by atoms with Gasteiger partial charge in [-0.2, -0.15) is 0 Å². The summed E-state index contributed by atoms with van der Waals surface area (Å²) in [4.78, 5) is 38.9. The van der Waals surface area contributed by atoms with Crippen LogP contribution in [-0.2, 0) is 20.8 Å². The molecule has 0 fully saturated rings. The highest BCUT2D eigenvalue weighted by atomic mass is 16.5. The van der Waals surface area contributed by atoms with Gasteiger partial charge in [-0.3, -0.25) is 14.4 Å². The Balaban J connectivity index is 1.58. The van der Waals surface area contributed by atoms with Crippen molar-refractivity contribution in [3.05, 3.63) is 60.2 Å². The van der Waals surface area contributed by atoms with Crippen molar-refractivity contribution >= 4 is 23.4 Å². The van der Waals surface area contributed by atoms with E-state index in [-0.39, 0.29) is 43.7 Å². The number of rotatable bonds is 8. The maximum Gasteiger partial charge on any atom is 0.262 e. The molecule has 1 aliphatic rings. The number of benzene rings is 2. The summed E-state index contributed by atoms with van der Waals surface area (Å²) in [5.41, 5.74) is 1.56. The summed E-state index contributed by atoms with van der Waals surface area (Å²) in [6, 6.07) is 16.6. The van der Waals surface area contributed by atoms with E-state index in [1.165, 1.54) is 0 Å². The fourth-order valence-electron chi connectivity index (χ4n) is 3.26. The molecule has 30 heavy (non-hydrogen) atoms. The zero-order valence-corrected chi connectivity index (χ0v) is 17.1. The first-order chi connectivity index (χ1) is 14.6. The van der Waals surface area contributed by atoms with E-state index in [1.807, 2.05) is 43.3 Å². The third kappa shape index (κ3) is 5.59. The lowest BCUT2D eigenvalue weighted by Crippen LogP contribution is -2.51. The van der Waals surface area contributed by atoms with E-state index in [1.54, 1.807) is 23.1 Å². The molecule has 0 bridgehead atoms. The molecule has 0 saturated carbocycles. The minimum atomic E-state index is -0.761. The van der Waals surface area contributed by atoms with Gasteiger partial charge in [-0.25, -0.2) is 0 Å². The van der Waals surface area contributed by atoms with Gasteiger partial charge in [-0.1, -0.05) is 49.4 Å². The summed E-state index contributed by atoms with van der Waals surface area (Å²) in [5.74, 6) is -0.0329. The second kappa shape index (κ2) is 10.4. The number of carbonyl (C=O) groups is 3. The number of para-hydroxylation sites is 2. The van der Waals surface area contributed by atoms with Crippen molar-refractivity contribution in [1.29, 1.82) is 0 Å². The van der Waals surface area contributed by atoms with E-state index in [9.17, 15) is 14.4 Å². The van der Waals surface area contributed by atoms with Gasteiger partial charge in [0.1, 0.15) is 5.75 Å². The van der Waals surface area contributed by atoms with Crippen molar-refractivity contribution in [1.82, 2.24) is 10.6 Å². The van der Waals surface area contributed by atoms with Gasteiger partial charge in [0.25, 0.3) is 5.91 Å². The van der Waals surface area contributed by atoms with Crippen LogP contribution in [0.1, 0.15) is 25.3 Å². The SMILES string of the molecule is CCCNC(=O)C1CN(C(=O)CCNC(=O)Cc2ccccc2)c2ccccc2O1. The number of fused-ring (bicyclic) bond motifs is 1. The van der Waals surface area contributed by atoms with E-state index >= 15 is 0 Å². The molecule has 158 valence electrons. The second-order valence-electron chi connectivity index (χ2n) is 7.13. The molecule has 1 atom stereocenters. The molecular formula is C23H27N3O4. The highest BCUT2D eigenvalue weighted by Crippen LogP contribution is 2.33. The third-order valence-corrected chi connectivity index (χ3v) is 4.78. The normalized spacial score (nSPS) is 15.0. The third-order valence-electron chi connectivity index (χ3n) is 4.78. The van der Waals surface area contributed by atoms with Crippen LogP contribution in [0.15, 0.2) is 54.6 Å². The number of carbonyl (C=O) groups excluding carboxylic acids is 3. The van der Waals surface area contributed by atoms with E-state index in [4.69, 9.17) is 4.74 Å². The molecule has 7 nitrogen and oxygen atoms in total. The molecule has 1 unspecified atom stereocenters. The monoisotopic (exact) mass is 409 g/mol. The van der Waals surface area contributed by atoms with Crippen molar-refractivity contribution in [2.45, 2.75) is 32.3 Å². The van der Waals surface area contributed by atoms with E-state index in [0.29, 0.717) is 18.0 Å². The Morgan fingerprint density at radius 3 is 2.50 bits per heavy atom. The van der Waals surface area contributed by atoms with Crippen LogP contribution >= 0.6 is 0 Å². The Labute approximate surface area is 176 Å². The van der Waals surface area contributed by atoms with Crippen molar-refractivity contribution in [2.24, 2.45) is 0 Å². The van der Waals surface area contributed by atoms with Crippen LogP contribution in [0.4, 0.5) is 5.69 Å². The minimum absolute atomic E-state index is 0.131. The molecule has 2 aromatic carbocycles.